The van der Waals surface area contributed by atoms with Crippen molar-refractivity contribution in [1.82, 2.24) is 5.32 Å². The lowest BCUT2D eigenvalue weighted by atomic mass is 10.1. The molecule has 0 heterocycles. The van der Waals surface area contributed by atoms with Crippen LogP contribution in [0, 0.1) is 5.92 Å². The third-order valence-corrected chi connectivity index (χ3v) is 2.92. The van der Waals surface area contributed by atoms with Gasteiger partial charge >= 0.3 is 0 Å². The zero-order chi connectivity index (χ0) is 10.1. The molecule has 2 nitrogen and oxygen atoms in total. The van der Waals surface area contributed by atoms with Gasteiger partial charge in [-0.15, -0.1) is 0 Å². The molecule has 0 bridgehead atoms. The molecule has 0 aliphatic heterocycles. The van der Waals surface area contributed by atoms with Crippen LogP contribution in [0.2, 0.25) is 5.02 Å². The standard InChI is InChI=1S/C11H12ClNO/c1-13-11(14)10-6-9(10)7-2-4-8(12)5-3-7/h2-5,9-10H,6H2,1H3,(H,13,14). The van der Waals surface area contributed by atoms with E-state index in [4.69, 9.17) is 11.6 Å². The minimum absolute atomic E-state index is 0.143. The van der Waals surface area contributed by atoms with Crippen molar-refractivity contribution in [2.24, 2.45) is 5.92 Å². The van der Waals surface area contributed by atoms with E-state index in [1.54, 1.807) is 7.05 Å². The van der Waals surface area contributed by atoms with E-state index in [9.17, 15) is 4.79 Å². The Morgan fingerprint density at radius 2 is 2.07 bits per heavy atom. The van der Waals surface area contributed by atoms with Gasteiger partial charge in [-0.05, 0) is 30.0 Å². The van der Waals surface area contributed by atoms with E-state index in [1.165, 1.54) is 5.56 Å². The third kappa shape index (κ3) is 1.75. The Bertz CT molecular complexity index is 347. The van der Waals surface area contributed by atoms with Crippen LogP contribution in [0.1, 0.15) is 17.9 Å². The number of nitrogens with one attached hydrogen (secondary N) is 1. The lowest BCUT2D eigenvalue weighted by Crippen LogP contribution is -2.20. The predicted molar refractivity (Wildman–Crippen MR) is 56.4 cm³/mol. The Morgan fingerprint density at radius 1 is 1.43 bits per heavy atom. The Labute approximate surface area is 88.3 Å². The summed E-state index contributed by atoms with van der Waals surface area (Å²) < 4.78 is 0. The van der Waals surface area contributed by atoms with Gasteiger partial charge in [0.15, 0.2) is 0 Å². The second-order valence-corrected chi connectivity index (χ2v) is 4.05. The van der Waals surface area contributed by atoms with Crippen LogP contribution in [0.4, 0.5) is 0 Å². The van der Waals surface area contributed by atoms with Crippen LogP contribution in [0.5, 0.6) is 0 Å². The highest BCUT2D eigenvalue weighted by atomic mass is 35.5. The van der Waals surface area contributed by atoms with E-state index in [0.717, 1.165) is 11.4 Å². The van der Waals surface area contributed by atoms with E-state index in [2.05, 4.69) is 5.32 Å². The molecule has 1 aliphatic rings. The lowest BCUT2D eigenvalue weighted by Gasteiger charge is -1.99. The van der Waals surface area contributed by atoms with Gasteiger partial charge in [-0.3, -0.25) is 4.79 Å². The summed E-state index contributed by atoms with van der Waals surface area (Å²) in [5.41, 5.74) is 1.21. The fraction of sp³-hybridized carbons (Fsp3) is 0.364. The molecular weight excluding hydrogens is 198 g/mol. The molecule has 2 unspecified atom stereocenters. The molecule has 74 valence electrons. The molecule has 14 heavy (non-hydrogen) atoms. The molecular formula is C11H12ClNO. The first-order valence-corrected chi connectivity index (χ1v) is 5.07. The molecule has 1 fully saturated rings. The SMILES string of the molecule is CNC(=O)C1CC1c1ccc(Cl)cc1. The number of hydrogen-bond acceptors (Lipinski definition) is 1. The monoisotopic (exact) mass is 209 g/mol. The Kier molecular flexibility index (Phi) is 2.46. The fourth-order valence-corrected chi connectivity index (χ4v) is 1.87. The second kappa shape index (κ2) is 3.62. The third-order valence-electron chi connectivity index (χ3n) is 2.67. The zero-order valence-electron chi connectivity index (χ0n) is 7.96. The molecule has 2 atom stereocenters. The molecule has 1 amide bonds. The Morgan fingerprint density at radius 3 is 2.64 bits per heavy atom. The predicted octanol–water partition coefficient (Wildman–Crippen LogP) is 2.19. The Balaban J connectivity index is 2.06. The van der Waals surface area contributed by atoms with Crippen LogP contribution >= 0.6 is 11.6 Å². The molecule has 0 radical (unpaired) electrons. The molecule has 2 rings (SSSR count). The average molecular weight is 210 g/mol. The number of carbonyl (C=O) groups is 1. The van der Waals surface area contributed by atoms with Crippen molar-refractivity contribution in [3.05, 3.63) is 34.9 Å². The van der Waals surface area contributed by atoms with Crippen molar-refractivity contribution >= 4 is 17.5 Å². The van der Waals surface area contributed by atoms with Crippen molar-refractivity contribution in [3.63, 3.8) is 0 Å². The van der Waals surface area contributed by atoms with Gasteiger partial charge in [0.2, 0.25) is 5.91 Å². The molecule has 1 saturated carbocycles. The van der Waals surface area contributed by atoms with Gasteiger partial charge in [-0.2, -0.15) is 0 Å². The average Bonchev–Trinajstić information content (AvgIpc) is 2.98. The molecule has 1 aromatic carbocycles. The highest BCUT2D eigenvalue weighted by Gasteiger charge is 2.43. The number of rotatable bonds is 2. The first kappa shape index (κ1) is 9.53. The van der Waals surface area contributed by atoms with Gasteiger partial charge in [0, 0.05) is 18.0 Å². The smallest absolute Gasteiger partial charge is 0.223 e. The minimum Gasteiger partial charge on any atom is -0.359 e. The van der Waals surface area contributed by atoms with Crippen molar-refractivity contribution in [2.75, 3.05) is 7.05 Å². The van der Waals surface area contributed by atoms with Crippen LogP contribution in [-0.4, -0.2) is 13.0 Å². The number of hydrogen-bond donors (Lipinski definition) is 1. The number of carbonyl (C=O) groups excluding carboxylic acids is 1. The van der Waals surface area contributed by atoms with Crippen LogP contribution in [-0.2, 0) is 4.79 Å². The summed E-state index contributed by atoms with van der Waals surface area (Å²) in [6.07, 6.45) is 0.960. The summed E-state index contributed by atoms with van der Waals surface area (Å²) >= 11 is 5.78. The molecule has 0 aromatic heterocycles. The molecule has 1 aromatic rings. The number of benzene rings is 1. The van der Waals surface area contributed by atoms with Gasteiger partial charge in [0.25, 0.3) is 0 Å². The molecule has 1 N–H and O–H groups in total. The van der Waals surface area contributed by atoms with E-state index in [1.807, 2.05) is 24.3 Å². The highest BCUT2D eigenvalue weighted by Crippen LogP contribution is 2.47. The Hall–Kier alpha value is -1.02. The number of amides is 1. The summed E-state index contributed by atoms with van der Waals surface area (Å²) in [7, 11) is 1.68. The van der Waals surface area contributed by atoms with Crippen LogP contribution in [0.15, 0.2) is 24.3 Å². The summed E-state index contributed by atoms with van der Waals surface area (Å²) in [5, 5.41) is 3.41. The minimum atomic E-state index is 0.143. The van der Waals surface area contributed by atoms with Crippen LogP contribution in [0.3, 0.4) is 0 Å². The fourth-order valence-electron chi connectivity index (χ4n) is 1.75. The quantitative estimate of drug-likeness (QED) is 0.795. The van der Waals surface area contributed by atoms with E-state index in [-0.39, 0.29) is 11.8 Å². The van der Waals surface area contributed by atoms with Crippen molar-refractivity contribution in [3.8, 4) is 0 Å². The van der Waals surface area contributed by atoms with Gasteiger partial charge in [-0.1, -0.05) is 23.7 Å². The van der Waals surface area contributed by atoms with Gasteiger partial charge < -0.3 is 5.32 Å². The maximum Gasteiger partial charge on any atom is 0.223 e. The summed E-state index contributed by atoms with van der Waals surface area (Å²) in [6.45, 7) is 0. The summed E-state index contributed by atoms with van der Waals surface area (Å²) in [5.74, 6) is 0.707. The molecule has 3 heteroatoms. The normalized spacial score (nSPS) is 24.4. The maximum absolute atomic E-state index is 11.3. The highest BCUT2D eigenvalue weighted by molar-refractivity contribution is 6.30. The van der Waals surface area contributed by atoms with Gasteiger partial charge in [-0.25, -0.2) is 0 Å². The molecule has 0 spiro atoms. The summed E-state index contributed by atoms with van der Waals surface area (Å²) in [6, 6.07) is 7.73. The summed E-state index contributed by atoms with van der Waals surface area (Å²) in [4.78, 5) is 11.3. The number of halogens is 1. The molecule has 0 saturated heterocycles. The topological polar surface area (TPSA) is 29.1 Å². The second-order valence-electron chi connectivity index (χ2n) is 3.61. The van der Waals surface area contributed by atoms with Crippen molar-refractivity contribution in [1.29, 1.82) is 0 Å². The molecule has 1 aliphatic carbocycles. The van der Waals surface area contributed by atoms with E-state index in [0.29, 0.717) is 5.92 Å². The van der Waals surface area contributed by atoms with Gasteiger partial charge in [0.1, 0.15) is 0 Å². The van der Waals surface area contributed by atoms with Crippen LogP contribution < -0.4 is 5.32 Å². The first-order chi connectivity index (χ1) is 6.72. The largest absolute Gasteiger partial charge is 0.359 e. The van der Waals surface area contributed by atoms with E-state index < -0.39 is 0 Å². The maximum atomic E-state index is 11.3. The van der Waals surface area contributed by atoms with Crippen molar-refractivity contribution < 1.29 is 4.79 Å². The van der Waals surface area contributed by atoms with Crippen LogP contribution in [0.25, 0.3) is 0 Å². The van der Waals surface area contributed by atoms with Gasteiger partial charge in [0.05, 0.1) is 0 Å². The lowest BCUT2D eigenvalue weighted by molar-refractivity contribution is -0.121. The zero-order valence-corrected chi connectivity index (χ0v) is 8.71. The van der Waals surface area contributed by atoms with Crippen molar-refractivity contribution in [2.45, 2.75) is 12.3 Å². The van der Waals surface area contributed by atoms with E-state index >= 15 is 0 Å². The first-order valence-electron chi connectivity index (χ1n) is 4.69.